The first kappa shape index (κ1) is 12.4. The molecule has 0 amide bonds. The number of thiophene rings is 1. The van der Waals surface area contributed by atoms with E-state index in [4.69, 9.17) is 5.73 Å². The topological polar surface area (TPSA) is 82.0 Å². The molecule has 2 heterocycles. The van der Waals surface area contributed by atoms with Gasteiger partial charge >= 0.3 is 0 Å². The Morgan fingerprint density at radius 2 is 1.94 bits per heavy atom. The van der Waals surface area contributed by atoms with Crippen LogP contribution in [-0.2, 0) is 0 Å². The Morgan fingerprint density at radius 1 is 1.31 bits per heavy atom. The maximum atomic E-state index is 10.6. The molecule has 2 aromatic heterocycles. The molecule has 84 valence electrons. The molecule has 0 bridgehead atoms. The first-order valence-corrected chi connectivity index (χ1v) is 5.45. The standard InChI is InChI=1S/C10H8N2OS.CH5N/c11-8-5-9(14-10(8)6-13)7-1-3-12-4-2-7;1-2/h1-6H,11H2;2H2,1H3. The highest BCUT2D eigenvalue weighted by molar-refractivity contribution is 7.17. The van der Waals surface area contributed by atoms with Crippen LogP contribution in [0.5, 0.6) is 0 Å². The average molecular weight is 235 g/mol. The number of nitrogens with two attached hydrogens (primary N) is 2. The lowest BCUT2D eigenvalue weighted by molar-refractivity contribution is 0.112. The van der Waals surface area contributed by atoms with Crippen molar-refractivity contribution in [2.45, 2.75) is 0 Å². The maximum absolute atomic E-state index is 10.6. The zero-order valence-corrected chi connectivity index (χ0v) is 9.70. The summed E-state index contributed by atoms with van der Waals surface area (Å²) in [7, 11) is 1.50. The van der Waals surface area contributed by atoms with E-state index in [9.17, 15) is 4.79 Å². The summed E-state index contributed by atoms with van der Waals surface area (Å²) in [6.07, 6.45) is 4.21. The van der Waals surface area contributed by atoms with E-state index in [2.05, 4.69) is 10.7 Å². The van der Waals surface area contributed by atoms with E-state index in [0.717, 1.165) is 16.7 Å². The molecular weight excluding hydrogens is 222 g/mol. The van der Waals surface area contributed by atoms with Crippen molar-refractivity contribution in [3.8, 4) is 10.4 Å². The van der Waals surface area contributed by atoms with Crippen molar-refractivity contribution >= 4 is 23.3 Å². The molecule has 4 nitrogen and oxygen atoms in total. The Balaban J connectivity index is 0.000000606. The summed E-state index contributed by atoms with van der Waals surface area (Å²) in [5.74, 6) is 0. The SMILES string of the molecule is CN.Nc1cc(-c2ccncc2)sc1C=O. The van der Waals surface area contributed by atoms with Gasteiger partial charge in [-0.2, -0.15) is 0 Å². The highest BCUT2D eigenvalue weighted by Gasteiger charge is 2.06. The van der Waals surface area contributed by atoms with Gasteiger partial charge in [-0.1, -0.05) is 0 Å². The van der Waals surface area contributed by atoms with Crippen LogP contribution in [0.2, 0.25) is 0 Å². The molecule has 5 heteroatoms. The van der Waals surface area contributed by atoms with E-state index in [0.29, 0.717) is 10.6 Å². The van der Waals surface area contributed by atoms with Crippen molar-refractivity contribution in [3.63, 3.8) is 0 Å². The minimum atomic E-state index is 0.539. The van der Waals surface area contributed by atoms with Crippen molar-refractivity contribution < 1.29 is 4.79 Å². The minimum absolute atomic E-state index is 0.539. The summed E-state index contributed by atoms with van der Waals surface area (Å²) in [5, 5.41) is 0. The van der Waals surface area contributed by atoms with Crippen LogP contribution in [-0.4, -0.2) is 18.3 Å². The molecular formula is C11H13N3OS. The fourth-order valence-corrected chi connectivity index (χ4v) is 2.07. The van der Waals surface area contributed by atoms with Gasteiger partial charge in [-0.15, -0.1) is 11.3 Å². The number of pyridine rings is 1. The average Bonchev–Trinajstić information content (AvgIpc) is 2.74. The molecule has 0 atom stereocenters. The van der Waals surface area contributed by atoms with Crippen LogP contribution in [0.4, 0.5) is 5.69 Å². The van der Waals surface area contributed by atoms with Gasteiger partial charge in [-0.05, 0) is 30.8 Å². The lowest BCUT2D eigenvalue weighted by atomic mass is 10.2. The number of carbonyl (C=O) groups is 1. The van der Waals surface area contributed by atoms with E-state index < -0.39 is 0 Å². The second kappa shape index (κ2) is 5.99. The molecule has 2 rings (SSSR count). The number of hydrogen-bond donors (Lipinski definition) is 2. The predicted octanol–water partition coefficient (Wildman–Crippen LogP) is 1.78. The molecule has 0 aromatic carbocycles. The Hall–Kier alpha value is -1.72. The predicted molar refractivity (Wildman–Crippen MR) is 67.5 cm³/mol. The first-order valence-electron chi connectivity index (χ1n) is 4.64. The van der Waals surface area contributed by atoms with E-state index in [1.807, 2.05) is 18.2 Å². The van der Waals surface area contributed by atoms with Crippen LogP contribution >= 0.6 is 11.3 Å². The van der Waals surface area contributed by atoms with Crippen LogP contribution < -0.4 is 11.5 Å². The third-order valence-electron chi connectivity index (χ3n) is 1.86. The fourth-order valence-electron chi connectivity index (χ4n) is 1.17. The molecule has 0 aliphatic rings. The second-order valence-electron chi connectivity index (χ2n) is 2.78. The first-order chi connectivity index (χ1) is 7.81. The maximum Gasteiger partial charge on any atom is 0.162 e. The van der Waals surface area contributed by atoms with Crippen LogP contribution in [0.3, 0.4) is 0 Å². The monoisotopic (exact) mass is 235 g/mol. The minimum Gasteiger partial charge on any atom is -0.397 e. The highest BCUT2D eigenvalue weighted by Crippen LogP contribution is 2.31. The number of hydrogen-bond acceptors (Lipinski definition) is 5. The number of aldehydes is 1. The molecule has 0 saturated heterocycles. The van der Waals surface area contributed by atoms with Crippen molar-refractivity contribution in [3.05, 3.63) is 35.5 Å². The number of anilines is 1. The van der Waals surface area contributed by atoms with Crippen LogP contribution in [0.15, 0.2) is 30.6 Å². The van der Waals surface area contributed by atoms with Gasteiger partial charge < -0.3 is 11.5 Å². The Labute approximate surface area is 97.9 Å². The summed E-state index contributed by atoms with van der Waals surface area (Å²) < 4.78 is 0. The molecule has 2 aromatic rings. The molecule has 4 N–H and O–H groups in total. The molecule has 0 aliphatic carbocycles. The van der Waals surface area contributed by atoms with Gasteiger partial charge in [0.05, 0.1) is 10.6 Å². The molecule has 0 unspecified atom stereocenters. The van der Waals surface area contributed by atoms with Crippen LogP contribution in [0.1, 0.15) is 9.67 Å². The molecule has 0 fully saturated rings. The number of nitrogen functional groups attached to an aromatic ring is 1. The summed E-state index contributed by atoms with van der Waals surface area (Å²) in [6, 6.07) is 5.59. The summed E-state index contributed by atoms with van der Waals surface area (Å²) in [6.45, 7) is 0. The Kier molecular flexibility index (Phi) is 4.63. The largest absolute Gasteiger partial charge is 0.397 e. The molecule has 0 aliphatic heterocycles. The molecule has 0 saturated carbocycles. The van der Waals surface area contributed by atoms with E-state index >= 15 is 0 Å². The third-order valence-corrected chi connectivity index (χ3v) is 2.99. The molecule has 0 spiro atoms. The summed E-state index contributed by atoms with van der Waals surface area (Å²) in [5.41, 5.74) is 11.7. The van der Waals surface area contributed by atoms with Gasteiger partial charge in [-0.3, -0.25) is 9.78 Å². The van der Waals surface area contributed by atoms with Gasteiger partial charge in [0.2, 0.25) is 0 Å². The number of rotatable bonds is 2. The fraction of sp³-hybridized carbons (Fsp3) is 0.0909. The van der Waals surface area contributed by atoms with Crippen molar-refractivity contribution in [1.82, 2.24) is 4.98 Å². The van der Waals surface area contributed by atoms with Gasteiger partial charge in [0, 0.05) is 17.3 Å². The van der Waals surface area contributed by atoms with Gasteiger partial charge in [0.25, 0.3) is 0 Å². The van der Waals surface area contributed by atoms with Crippen molar-refractivity contribution in [2.75, 3.05) is 12.8 Å². The normalized spacial score (nSPS) is 9.12. The van der Waals surface area contributed by atoms with Gasteiger partial charge in [0.15, 0.2) is 6.29 Å². The zero-order chi connectivity index (χ0) is 12.0. The number of nitrogens with zero attached hydrogens (tertiary/aromatic N) is 1. The number of aromatic nitrogens is 1. The molecule has 16 heavy (non-hydrogen) atoms. The lowest BCUT2D eigenvalue weighted by Crippen LogP contribution is -1.84. The summed E-state index contributed by atoms with van der Waals surface area (Å²) in [4.78, 5) is 16.1. The lowest BCUT2D eigenvalue weighted by Gasteiger charge is -1.93. The van der Waals surface area contributed by atoms with Gasteiger partial charge in [0.1, 0.15) is 0 Å². The van der Waals surface area contributed by atoms with Crippen molar-refractivity contribution in [1.29, 1.82) is 0 Å². The highest BCUT2D eigenvalue weighted by atomic mass is 32.1. The third kappa shape index (κ3) is 2.65. The van der Waals surface area contributed by atoms with E-state index in [1.165, 1.54) is 18.4 Å². The van der Waals surface area contributed by atoms with Gasteiger partial charge in [-0.25, -0.2) is 0 Å². The molecule has 0 radical (unpaired) electrons. The number of carbonyl (C=O) groups excluding carboxylic acids is 1. The quantitative estimate of drug-likeness (QED) is 0.777. The van der Waals surface area contributed by atoms with Crippen molar-refractivity contribution in [2.24, 2.45) is 5.73 Å². The zero-order valence-electron chi connectivity index (χ0n) is 8.88. The Morgan fingerprint density at radius 3 is 2.44 bits per heavy atom. The Bertz CT molecular complexity index is 454. The summed E-state index contributed by atoms with van der Waals surface area (Å²) >= 11 is 1.39. The smallest absolute Gasteiger partial charge is 0.162 e. The van der Waals surface area contributed by atoms with Crippen LogP contribution in [0.25, 0.3) is 10.4 Å². The second-order valence-corrected chi connectivity index (χ2v) is 3.87. The van der Waals surface area contributed by atoms with E-state index in [1.54, 1.807) is 12.4 Å². The van der Waals surface area contributed by atoms with Crippen LogP contribution in [0, 0.1) is 0 Å². The van der Waals surface area contributed by atoms with E-state index in [-0.39, 0.29) is 0 Å².